The minimum atomic E-state index is -3.65. The second kappa shape index (κ2) is 8.47. The number of hydrogen-bond donors (Lipinski definition) is 1. The van der Waals surface area contributed by atoms with Crippen LogP contribution >= 0.6 is 11.6 Å². The minimum Gasteiger partial charge on any atom is -0.319 e. The normalized spacial score (nSPS) is 22.9. The molecule has 2 aromatic carbocycles. The van der Waals surface area contributed by atoms with Gasteiger partial charge in [-0.3, -0.25) is 9.69 Å². The zero-order valence-corrected chi connectivity index (χ0v) is 19.5. The fraction of sp³-hybridized carbons (Fsp3) is 0.364. The molecule has 2 saturated heterocycles. The Hall–Kier alpha value is -2.46. The molecule has 0 aliphatic carbocycles. The van der Waals surface area contributed by atoms with E-state index in [0.29, 0.717) is 18.1 Å². The van der Waals surface area contributed by atoms with Crippen molar-refractivity contribution < 1.29 is 18.0 Å². The summed E-state index contributed by atoms with van der Waals surface area (Å²) < 4.78 is 27.2. The van der Waals surface area contributed by atoms with Gasteiger partial charge in [0.2, 0.25) is 10.0 Å². The van der Waals surface area contributed by atoms with Gasteiger partial charge in [0, 0.05) is 31.2 Å². The minimum absolute atomic E-state index is 0.108. The van der Waals surface area contributed by atoms with Gasteiger partial charge in [-0.15, -0.1) is 0 Å². The molecule has 32 heavy (non-hydrogen) atoms. The first kappa shape index (κ1) is 22.7. The number of sulfonamides is 1. The lowest BCUT2D eigenvalue weighted by molar-refractivity contribution is -0.132. The lowest BCUT2D eigenvalue weighted by Gasteiger charge is -2.35. The molecule has 1 N–H and O–H groups in total. The summed E-state index contributed by atoms with van der Waals surface area (Å²) in [5, 5.41) is 3.17. The van der Waals surface area contributed by atoms with E-state index in [2.05, 4.69) is 5.32 Å². The molecular weight excluding hydrogens is 452 g/mol. The van der Waals surface area contributed by atoms with Gasteiger partial charge in [0.15, 0.2) is 0 Å². The Kier molecular flexibility index (Phi) is 6.02. The molecule has 1 atom stereocenters. The van der Waals surface area contributed by atoms with Crippen molar-refractivity contribution in [1.82, 2.24) is 19.4 Å². The molecule has 10 heteroatoms. The van der Waals surface area contributed by atoms with Crippen molar-refractivity contribution in [2.45, 2.75) is 24.3 Å². The highest BCUT2D eigenvalue weighted by Gasteiger charge is 2.49. The van der Waals surface area contributed by atoms with E-state index in [4.69, 9.17) is 11.6 Å². The van der Waals surface area contributed by atoms with Crippen molar-refractivity contribution in [1.29, 1.82) is 0 Å². The fourth-order valence-corrected chi connectivity index (χ4v) is 5.72. The topological polar surface area (TPSA) is 90.0 Å². The van der Waals surface area contributed by atoms with Crippen LogP contribution in [0.2, 0.25) is 5.02 Å². The Labute approximate surface area is 192 Å². The van der Waals surface area contributed by atoms with Gasteiger partial charge in [-0.1, -0.05) is 47.5 Å². The van der Waals surface area contributed by atoms with E-state index in [1.165, 1.54) is 21.3 Å². The highest BCUT2D eigenvalue weighted by Crippen LogP contribution is 2.29. The Morgan fingerprint density at radius 1 is 1.03 bits per heavy atom. The molecule has 170 valence electrons. The van der Waals surface area contributed by atoms with Crippen LogP contribution in [0.5, 0.6) is 0 Å². The SMILES string of the molecule is Cc1ccc(C2(C)NC(=O)N(CN3CCN(S(=O)(=O)c4cccc(Cl)c4)CC3)C2=O)cc1. The third-order valence-electron chi connectivity index (χ3n) is 6.01. The first-order valence-corrected chi connectivity index (χ1v) is 12.1. The number of aryl methyl sites for hydroxylation is 1. The average molecular weight is 477 g/mol. The molecule has 2 aromatic rings. The monoisotopic (exact) mass is 476 g/mol. The largest absolute Gasteiger partial charge is 0.326 e. The Morgan fingerprint density at radius 3 is 2.31 bits per heavy atom. The standard InChI is InChI=1S/C22H25ClN4O4S/c1-16-6-8-17(9-7-16)22(2)20(28)27(21(29)24-22)15-25-10-12-26(13-11-25)32(30,31)19-5-3-4-18(23)14-19/h3-9,14H,10-13,15H2,1-2H3,(H,24,29). The Morgan fingerprint density at radius 2 is 1.69 bits per heavy atom. The molecule has 0 aromatic heterocycles. The number of nitrogens with one attached hydrogen (secondary N) is 1. The highest BCUT2D eigenvalue weighted by atomic mass is 35.5. The maximum absolute atomic E-state index is 13.1. The summed E-state index contributed by atoms with van der Waals surface area (Å²) in [6.07, 6.45) is 0. The summed E-state index contributed by atoms with van der Waals surface area (Å²) in [5.74, 6) is -0.319. The van der Waals surface area contributed by atoms with Gasteiger partial charge >= 0.3 is 6.03 Å². The maximum atomic E-state index is 13.1. The van der Waals surface area contributed by atoms with Crippen molar-refractivity contribution in [3.8, 4) is 0 Å². The smallest absolute Gasteiger partial charge is 0.319 e. The molecular formula is C22H25ClN4O4S. The third-order valence-corrected chi connectivity index (χ3v) is 8.14. The van der Waals surface area contributed by atoms with E-state index in [9.17, 15) is 18.0 Å². The van der Waals surface area contributed by atoms with E-state index < -0.39 is 21.6 Å². The van der Waals surface area contributed by atoms with Crippen LogP contribution in [0.3, 0.4) is 0 Å². The molecule has 2 aliphatic rings. The number of carbonyl (C=O) groups is 2. The summed E-state index contributed by atoms with van der Waals surface area (Å²) >= 11 is 5.94. The molecule has 4 rings (SSSR count). The maximum Gasteiger partial charge on any atom is 0.326 e. The van der Waals surface area contributed by atoms with Crippen LogP contribution in [-0.2, 0) is 20.4 Å². The summed E-state index contributed by atoms with van der Waals surface area (Å²) in [4.78, 5) is 29.0. The van der Waals surface area contributed by atoms with Crippen LogP contribution in [0.4, 0.5) is 4.79 Å². The number of carbonyl (C=O) groups excluding carboxylic acids is 2. The fourth-order valence-electron chi connectivity index (χ4n) is 4.00. The molecule has 2 fully saturated rings. The molecule has 3 amide bonds. The predicted octanol–water partition coefficient (Wildman–Crippen LogP) is 2.38. The zero-order chi connectivity index (χ0) is 23.1. The van der Waals surface area contributed by atoms with Crippen LogP contribution in [-0.4, -0.2) is 67.3 Å². The number of imide groups is 1. The third kappa shape index (κ3) is 4.13. The van der Waals surface area contributed by atoms with Crippen LogP contribution in [0, 0.1) is 6.92 Å². The molecule has 8 nitrogen and oxygen atoms in total. The Balaban J connectivity index is 1.41. The summed E-state index contributed by atoms with van der Waals surface area (Å²) in [6.45, 7) is 5.09. The van der Waals surface area contributed by atoms with E-state index in [0.717, 1.165) is 11.1 Å². The van der Waals surface area contributed by atoms with Crippen molar-refractivity contribution in [2.24, 2.45) is 0 Å². The van der Waals surface area contributed by atoms with Crippen LogP contribution in [0.25, 0.3) is 0 Å². The number of piperazine rings is 1. The first-order chi connectivity index (χ1) is 15.1. The molecule has 1 unspecified atom stereocenters. The van der Waals surface area contributed by atoms with Gasteiger partial charge in [0.1, 0.15) is 5.54 Å². The second-order valence-electron chi connectivity index (χ2n) is 8.28. The van der Waals surface area contributed by atoms with Gasteiger partial charge < -0.3 is 5.32 Å². The van der Waals surface area contributed by atoms with Crippen LogP contribution in [0.1, 0.15) is 18.1 Å². The zero-order valence-electron chi connectivity index (χ0n) is 17.9. The lowest BCUT2D eigenvalue weighted by Crippen LogP contribution is -2.52. The van der Waals surface area contributed by atoms with E-state index in [1.807, 2.05) is 36.1 Å². The lowest BCUT2D eigenvalue weighted by atomic mass is 9.91. The quantitative estimate of drug-likeness (QED) is 0.669. The summed E-state index contributed by atoms with van der Waals surface area (Å²) in [7, 11) is -3.65. The van der Waals surface area contributed by atoms with Crippen molar-refractivity contribution in [3.05, 3.63) is 64.7 Å². The van der Waals surface area contributed by atoms with Gasteiger partial charge in [0.25, 0.3) is 5.91 Å². The molecule has 0 spiro atoms. The number of hydrogen-bond acceptors (Lipinski definition) is 5. The van der Waals surface area contributed by atoms with E-state index in [-0.39, 0.29) is 30.6 Å². The Bertz CT molecular complexity index is 1150. The number of urea groups is 1. The summed E-state index contributed by atoms with van der Waals surface area (Å²) in [5.41, 5.74) is 0.667. The second-order valence-corrected chi connectivity index (χ2v) is 10.6. The van der Waals surface area contributed by atoms with E-state index >= 15 is 0 Å². The number of rotatable bonds is 5. The number of halogens is 1. The van der Waals surface area contributed by atoms with Gasteiger partial charge in [-0.2, -0.15) is 4.31 Å². The van der Waals surface area contributed by atoms with Gasteiger partial charge in [0.05, 0.1) is 11.6 Å². The molecule has 2 aliphatic heterocycles. The molecule has 0 radical (unpaired) electrons. The van der Waals surface area contributed by atoms with Crippen LogP contribution in [0.15, 0.2) is 53.4 Å². The van der Waals surface area contributed by atoms with Gasteiger partial charge in [-0.05, 0) is 37.6 Å². The average Bonchev–Trinajstić information content (AvgIpc) is 2.98. The number of nitrogens with zero attached hydrogens (tertiary/aromatic N) is 3. The predicted molar refractivity (Wildman–Crippen MR) is 121 cm³/mol. The van der Waals surface area contributed by atoms with E-state index in [1.54, 1.807) is 19.1 Å². The highest BCUT2D eigenvalue weighted by molar-refractivity contribution is 7.89. The number of amides is 3. The van der Waals surface area contributed by atoms with Crippen LogP contribution < -0.4 is 5.32 Å². The number of benzene rings is 2. The first-order valence-electron chi connectivity index (χ1n) is 10.3. The summed E-state index contributed by atoms with van der Waals surface area (Å²) in [6, 6.07) is 13.2. The van der Waals surface area contributed by atoms with Crippen molar-refractivity contribution in [3.63, 3.8) is 0 Å². The molecule has 2 heterocycles. The van der Waals surface area contributed by atoms with Crippen molar-refractivity contribution >= 4 is 33.6 Å². The molecule has 0 bridgehead atoms. The molecule has 0 saturated carbocycles. The van der Waals surface area contributed by atoms with Gasteiger partial charge in [-0.25, -0.2) is 18.1 Å². The van der Waals surface area contributed by atoms with Crippen molar-refractivity contribution in [2.75, 3.05) is 32.8 Å².